The van der Waals surface area contributed by atoms with Crippen LogP contribution >= 0.6 is 11.6 Å². The van der Waals surface area contributed by atoms with Crippen molar-refractivity contribution in [1.82, 2.24) is 9.78 Å². The summed E-state index contributed by atoms with van der Waals surface area (Å²) in [4.78, 5) is 0. The van der Waals surface area contributed by atoms with Gasteiger partial charge in [0.15, 0.2) is 0 Å². The minimum absolute atomic E-state index is 0.0823. The fourth-order valence-electron chi connectivity index (χ4n) is 2.09. The van der Waals surface area contributed by atoms with E-state index in [2.05, 4.69) is 5.10 Å². The lowest BCUT2D eigenvalue weighted by atomic mass is 9.94. The SMILES string of the molecule is Cn1cc(CCC(CO)c2ccccc2Cl)cn1. The fraction of sp³-hybridized carbons (Fsp3) is 0.357. The quantitative estimate of drug-likeness (QED) is 0.902. The summed E-state index contributed by atoms with van der Waals surface area (Å²) in [6, 6.07) is 7.70. The van der Waals surface area contributed by atoms with Crippen LogP contribution in [0.15, 0.2) is 36.7 Å². The van der Waals surface area contributed by atoms with Gasteiger partial charge in [0.05, 0.1) is 6.20 Å². The molecule has 0 aliphatic carbocycles. The van der Waals surface area contributed by atoms with Crippen LogP contribution in [0, 0.1) is 0 Å². The van der Waals surface area contributed by atoms with Gasteiger partial charge in [0, 0.05) is 30.8 Å². The molecule has 1 heterocycles. The molecule has 0 amide bonds. The van der Waals surface area contributed by atoms with E-state index in [0.717, 1.165) is 23.4 Å². The summed E-state index contributed by atoms with van der Waals surface area (Å²) >= 11 is 6.16. The minimum Gasteiger partial charge on any atom is -0.396 e. The maximum Gasteiger partial charge on any atom is 0.0521 e. The molecule has 0 aliphatic rings. The largest absolute Gasteiger partial charge is 0.396 e. The summed E-state index contributed by atoms with van der Waals surface area (Å²) in [6.45, 7) is 0.115. The van der Waals surface area contributed by atoms with Gasteiger partial charge >= 0.3 is 0 Å². The Morgan fingerprint density at radius 2 is 2.17 bits per heavy atom. The molecule has 3 nitrogen and oxygen atoms in total. The van der Waals surface area contributed by atoms with Gasteiger partial charge in [-0.05, 0) is 30.0 Å². The van der Waals surface area contributed by atoms with Crippen LogP contribution in [0.5, 0.6) is 0 Å². The lowest BCUT2D eigenvalue weighted by molar-refractivity contribution is 0.259. The van der Waals surface area contributed by atoms with E-state index in [9.17, 15) is 5.11 Å². The molecule has 0 radical (unpaired) electrons. The van der Waals surface area contributed by atoms with Crippen LogP contribution in [-0.4, -0.2) is 21.5 Å². The Morgan fingerprint density at radius 1 is 1.39 bits per heavy atom. The van der Waals surface area contributed by atoms with E-state index in [-0.39, 0.29) is 12.5 Å². The van der Waals surface area contributed by atoms with Crippen LogP contribution in [0.4, 0.5) is 0 Å². The highest BCUT2D eigenvalue weighted by molar-refractivity contribution is 6.31. The van der Waals surface area contributed by atoms with Crippen molar-refractivity contribution in [1.29, 1.82) is 0 Å². The van der Waals surface area contributed by atoms with Crippen LogP contribution in [0.2, 0.25) is 5.02 Å². The molecule has 0 saturated carbocycles. The molecule has 1 atom stereocenters. The van der Waals surface area contributed by atoms with E-state index in [0.29, 0.717) is 0 Å². The predicted octanol–water partition coefficient (Wildman–Crippen LogP) is 2.78. The summed E-state index contributed by atoms with van der Waals surface area (Å²) in [7, 11) is 1.90. The number of benzene rings is 1. The summed E-state index contributed by atoms with van der Waals surface area (Å²) in [5.74, 6) is 0.0823. The molecule has 2 aromatic rings. The van der Waals surface area contributed by atoms with E-state index in [1.165, 1.54) is 5.56 Å². The third-order valence-corrected chi connectivity index (χ3v) is 3.45. The van der Waals surface area contributed by atoms with Gasteiger partial charge in [-0.25, -0.2) is 0 Å². The summed E-state index contributed by atoms with van der Waals surface area (Å²) in [6.07, 6.45) is 5.62. The van der Waals surface area contributed by atoms with Crippen LogP contribution in [0.25, 0.3) is 0 Å². The Balaban J connectivity index is 2.04. The zero-order chi connectivity index (χ0) is 13.0. The zero-order valence-electron chi connectivity index (χ0n) is 10.4. The lowest BCUT2D eigenvalue weighted by Crippen LogP contribution is -2.06. The molecular formula is C14H17ClN2O. The second-order valence-electron chi connectivity index (χ2n) is 4.46. The standard InChI is InChI=1S/C14H17ClN2O/c1-17-9-11(8-16-17)6-7-12(10-18)13-4-2-3-5-14(13)15/h2-5,8-9,12,18H,6-7,10H2,1H3. The number of rotatable bonds is 5. The molecule has 0 saturated heterocycles. The zero-order valence-corrected chi connectivity index (χ0v) is 11.1. The normalized spacial score (nSPS) is 12.6. The van der Waals surface area contributed by atoms with Crippen molar-refractivity contribution in [3.8, 4) is 0 Å². The van der Waals surface area contributed by atoms with Gasteiger partial charge in [0.25, 0.3) is 0 Å². The smallest absolute Gasteiger partial charge is 0.0521 e. The van der Waals surface area contributed by atoms with Gasteiger partial charge in [0.1, 0.15) is 0 Å². The highest BCUT2D eigenvalue weighted by Gasteiger charge is 2.13. The van der Waals surface area contributed by atoms with Gasteiger partial charge in [0.2, 0.25) is 0 Å². The fourth-order valence-corrected chi connectivity index (χ4v) is 2.38. The topological polar surface area (TPSA) is 38.0 Å². The second-order valence-corrected chi connectivity index (χ2v) is 4.87. The first-order valence-electron chi connectivity index (χ1n) is 6.03. The van der Waals surface area contributed by atoms with Crippen molar-refractivity contribution in [2.24, 2.45) is 7.05 Å². The van der Waals surface area contributed by atoms with E-state index >= 15 is 0 Å². The number of aliphatic hydroxyl groups is 1. The Labute approximate surface area is 112 Å². The van der Waals surface area contributed by atoms with Gasteiger partial charge < -0.3 is 5.11 Å². The van der Waals surface area contributed by atoms with Gasteiger partial charge in [-0.3, -0.25) is 4.68 Å². The molecule has 96 valence electrons. The van der Waals surface area contributed by atoms with Crippen molar-refractivity contribution in [3.63, 3.8) is 0 Å². The first-order chi connectivity index (χ1) is 8.70. The number of halogens is 1. The monoisotopic (exact) mass is 264 g/mol. The van der Waals surface area contributed by atoms with Crippen molar-refractivity contribution < 1.29 is 5.11 Å². The van der Waals surface area contributed by atoms with E-state index in [4.69, 9.17) is 11.6 Å². The van der Waals surface area contributed by atoms with Crippen LogP contribution in [-0.2, 0) is 13.5 Å². The number of hydrogen-bond donors (Lipinski definition) is 1. The first kappa shape index (κ1) is 13.1. The van der Waals surface area contributed by atoms with Crippen molar-refractivity contribution >= 4 is 11.6 Å². The molecule has 1 aromatic carbocycles. The number of aryl methyl sites for hydroxylation is 2. The minimum atomic E-state index is 0.0823. The van der Waals surface area contributed by atoms with Gasteiger partial charge in [-0.2, -0.15) is 5.10 Å². The number of hydrogen-bond acceptors (Lipinski definition) is 2. The number of nitrogens with zero attached hydrogens (tertiary/aromatic N) is 2. The molecule has 2 rings (SSSR count). The van der Waals surface area contributed by atoms with Crippen LogP contribution in [0.3, 0.4) is 0 Å². The maximum atomic E-state index is 9.51. The molecular weight excluding hydrogens is 248 g/mol. The molecule has 1 unspecified atom stereocenters. The maximum absolute atomic E-state index is 9.51. The molecule has 18 heavy (non-hydrogen) atoms. The van der Waals surface area contributed by atoms with Crippen LogP contribution in [0.1, 0.15) is 23.5 Å². The Hall–Kier alpha value is -1.32. The molecule has 0 bridgehead atoms. The Kier molecular flexibility index (Phi) is 4.39. The van der Waals surface area contributed by atoms with Crippen molar-refractivity contribution in [3.05, 3.63) is 52.8 Å². The highest BCUT2D eigenvalue weighted by atomic mass is 35.5. The third kappa shape index (κ3) is 3.12. The summed E-state index contributed by atoms with van der Waals surface area (Å²) < 4.78 is 1.79. The molecule has 4 heteroatoms. The van der Waals surface area contributed by atoms with Crippen molar-refractivity contribution in [2.75, 3.05) is 6.61 Å². The molecule has 0 fully saturated rings. The number of aromatic nitrogens is 2. The molecule has 0 spiro atoms. The summed E-state index contributed by atoms with van der Waals surface area (Å²) in [5, 5.41) is 14.4. The third-order valence-electron chi connectivity index (χ3n) is 3.11. The number of aliphatic hydroxyl groups excluding tert-OH is 1. The van der Waals surface area contributed by atoms with Crippen LogP contribution < -0.4 is 0 Å². The first-order valence-corrected chi connectivity index (χ1v) is 6.41. The van der Waals surface area contributed by atoms with Gasteiger partial charge in [-0.15, -0.1) is 0 Å². The molecule has 1 N–H and O–H groups in total. The lowest BCUT2D eigenvalue weighted by Gasteiger charge is -2.15. The Morgan fingerprint density at radius 3 is 2.78 bits per heavy atom. The Bertz CT molecular complexity index is 510. The predicted molar refractivity (Wildman–Crippen MR) is 72.8 cm³/mol. The van der Waals surface area contributed by atoms with E-state index in [1.54, 1.807) is 4.68 Å². The highest BCUT2D eigenvalue weighted by Crippen LogP contribution is 2.27. The molecule has 1 aromatic heterocycles. The average Bonchev–Trinajstić information content (AvgIpc) is 2.78. The van der Waals surface area contributed by atoms with Crippen molar-refractivity contribution in [2.45, 2.75) is 18.8 Å². The second kappa shape index (κ2) is 6.03. The van der Waals surface area contributed by atoms with E-state index in [1.807, 2.05) is 43.7 Å². The molecule has 0 aliphatic heterocycles. The summed E-state index contributed by atoms with van der Waals surface area (Å²) in [5.41, 5.74) is 2.20. The van der Waals surface area contributed by atoms with E-state index < -0.39 is 0 Å². The van der Waals surface area contributed by atoms with Gasteiger partial charge in [-0.1, -0.05) is 29.8 Å². The average molecular weight is 265 g/mol.